The Morgan fingerprint density at radius 1 is 1.18 bits per heavy atom. The topological polar surface area (TPSA) is 42.9 Å². The van der Waals surface area contributed by atoms with Crippen molar-refractivity contribution in [2.75, 3.05) is 57.8 Å². The number of aliphatic imine (C=N–C) groups is 1. The summed E-state index contributed by atoms with van der Waals surface area (Å²) in [6.07, 6.45) is 7.84. The average molecular weight is 526 g/mol. The summed E-state index contributed by atoms with van der Waals surface area (Å²) in [5.41, 5.74) is 0.352. The molecule has 1 aliphatic carbocycles. The van der Waals surface area contributed by atoms with Crippen molar-refractivity contribution in [3.05, 3.63) is 0 Å². The summed E-state index contributed by atoms with van der Waals surface area (Å²) in [7, 11) is 1.90. The van der Waals surface area contributed by atoms with E-state index in [1.54, 1.807) is 0 Å². The molecule has 5 nitrogen and oxygen atoms in total. The van der Waals surface area contributed by atoms with Crippen molar-refractivity contribution >= 4 is 41.7 Å². The first kappa shape index (κ1) is 26.3. The molecule has 1 saturated heterocycles. The average Bonchev–Trinajstić information content (AvgIpc) is 3.19. The minimum Gasteiger partial charge on any atom is -0.355 e. The van der Waals surface area contributed by atoms with Gasteiger partial charge in [0.25, 0.3) is 0 Å². The summed E-state index contributed by atoms with van der Waals surface area (Å²) in [6, 6.07) is 0.456. The van der Waals surface area contributed by atoms with E-state index in [9.17, 15) is 0 Å². The van der Waals surface area contributed by atoms with E-state index in [0.29, 0.717) is 11.6 Å². The molecule has 1 aliphatic heterocycles. The summed E-state index contributed by atoms with van der Waals surface area (Å²) >= 11 is 2.10. The van der Waals surface area contributed by atoms with Gasteiger partial charge in [0.05, 0.1) is 0 Å². The molecule has 0 aromatic carbocycles. The zero-order chi connectivity index (χ0) is 19.5. The Morgan fingerprint density at radius 3 is 2.39 bits per heavy atom. The third kappa shape index (κ3) is 8.19. The third-order valence-electron chi connectivity index (χ3n) is 6.41. The van der Waals surface area contributed by atoms with Crippen molar-refractivity contribution in [2.24, 2.45) is 4.99 Å². The number of nitrogens with zero attached hydrogens (tertiary/aromatic N) is 3. The molecule has 0 spiro atoms. The van der Waals surface area contributed by atoms with Crippen molar-refractivity contribution in [3.63, 3.8) is 0 Å². The monoisotopic (exact) mass is 525 g/mol. The van der Waals surface area contributed by atoms with Gasteiger partial charge in [-0.15, -0.1) is 24.0 Å². The van der Waals surface area contributed by atoms with Crippen molar-refractivity contribution in [1.82, 2.24) is 20.4 Å². The lowest BCUT2D eigenvalue weighted by Crippen LogP contribution is -2.58. The molecule has 1 unspecified atom stereocenters. The minimum atomic E-state index is 0. The van der Waals surface area contributed by atoms with Crippen LogP contribution in [-0.2, 0) is 0 Å². The van der Waals surface area contributed by atoms with E-state index >= 15 is 0 Å². The first-order valence-electron chi connectivity index (χ1n) is 11.2. The van der Waals surface area contributed by atoms with Crippen LogP contribution >= 0.6 is 35.7 Å². The van der Waals surface area contributed by atoms with Crippen LogP contribution < -0.4 is 10.6 Å². The maximum atomic E-state index is 4.50. The van der Waals surface area contributed by atoms with Crippen LogP contribution in [0.4, 0.5) is 0 Å². The van der Waals surface area contributed by atoms with Crippen molar-refractivity contribution in [1.29, 1.82) is 0 Å². The van der Waals surface area contributed by atoms with Crippen molar-refractivity contribution in [3.8, 4) is 0 Å². The normalized spacial score (nSPS) is 21.4. The van der Waals surface area contributed by atoms with Crippen LogP contribution in [0, 0.1) is 0 Å². The standard InChI is InChI=1S/C21H43N5S.HI/c1-5-25(6-2)13-9-10-19(3)24-20(22-4)23-18-21(11-7-8-12-21)26-14-16-27-17-15-26;/h19H,5-18H2,1-4H3,(H2,22,23,24);1H. The van der Waals surface area contributed by atoms with Crippen molar-refractivity contribution in [2.45, 2.75) is 70.9 Å². The Morgan fingerprint density at radius 2 is 1.82 bits per heavy atom. The van der Waals surface area contributed by atoms with Crippen LogP contribution in [0.5, 0.6) is 0 Å². The number of hydrogen-bond acceptors (Lipinski definition) is 4. The van der Waals surface area contributed by atoms with Crippen LogP contribution in [0.15, 0.2) is 4.99 Å². The van der Waals surface area contributed by atoms with E-state index in [2.05, 4.69) is 58.0 Å². The molecule has 2 aliphatic rings. The Labute approximate surface area is 195 Å². The molecule has 1 heterocycles. The van der Waals surface area contributed by atoms with Gasteiger partial charge in [-0.3, -0.25) is 9.89 Å². The summed E-state index contributed by atoms with van der Waals surface area (Å²) < 4.78 is 0. The highest BCUT2D eigenvalue weighted by Crippen LogP contribution is 2.36. The largest absolute Gasteiger partial charge is 0.355 e. The van der Waals surface area contributed by atoms with Crippen LogP contribution in [0.3, 0.4) is 0 Å². The predicted molar refractivity (Wildman–Crippen MR) is 136 cm³/mol. The number of nitrogens with one attached hydrogen (secondary N) is 2. The van der Waals surface area contributed by atoms with Gasteiger partial charge in [0, 0.05) is 49.8 Å². The van der Waals surface area contributed by atoms with E-state index in [1.165, 1.54) is 69.7 Å². The molecule has 0 radical (unpaired) electrons. The Bertz CT molecular complexity index is 433. The highest BCUT2D eigenvalue weighted by molar-refractivity contribution is 14.0. The maximum Gasteiger partial charge on any atom is 0.191 e. The van der Waals surface area contributed by atoms with Gasteiger partial charge in [0.15, 0.2) is 5.96 Å². The first-order valence-corrected chi connectivity index (χ1v) is 12.3. The number of thioether (sulfide) groups is 1. The molecule has 0 aromatic rings. The second-order valence-electron chi connectivity index (χ2n) is 8.17. The zero-order valence-electron chi connectivity index (χ0n) is 18.6. The van der Waals surface area contributed by atoms with Crippen LogP contribution in [-0.4, -0.2) is 85.2 Å². The van der Waals surface area contributed by atoms with Gasteiger partial charge >= 0.3 is 0 Å². The molecule has 166 valence electrons. The fraction of sp³-hybridized carbons (Fsp3) is 0.952. The third-order valence-corrected chi connectivity index (χ3v) is 7.36. The van der Waals surface area contributed by atoms with E-state index in [-0.39, 0.29) is 24.0 Å². The number of hydrogen-bond donors (Lipinski definition) is 2. The molecule has 28 heavy (non-hydrogen) atoms. The van der Waals surface area contributed by atoms with Crippen LogP contribution in [0.2, 0.25) is 0 Å². The second-order valence-corrected chi connectivity index (χ2v) is 9.40. The van der Waals surface area contributed by atoms with E-state index in [4.69, 9.17) is 0 Å². The molecular formula is C21H44IN5S. The van der Waals surface area contributed by atoms with Gasteiger partial charge in [-0.1, -0.05) is 26.7 Å². The molecule has 2 fully saturated rings. The van der Waals surface area contributed by atoms with E-state index < -0.39 is 0 Å². The van der Waals surface area contributed by atoms with Gasteiger partial charge in [0.2, 0.25) is 0 Å². The van der Waals surface area contributed by atoms with Gasteiger partial charge in [0.1, 0.15) is 0 Å². The lowest BCUT2D eigenvalue weighted by atomic mass is 9.94. The molecular weight excluding hydrogens is 481 g/mol. The fourth-order valence-electron chi connectivity index (χ4n) is 4.58. The fourth-order valence-corrected chi connectivity index (χ4v) is 5.49. The number of halogens is 1. The second kappa shape index (κ2) is 14.3. The van der Waals surface area contributed by atoms with Crippen molar-refractivity contribution < 1.29 is 0 Å². The predicted octanol–water partition coefficient (Wildman–Crippen LogP) is 3.64. The molecule has 2 rings (SSSR count). The lowest BCUT2D eigenvalue weighted by Gasteiger charge is -2.43. The first-order chi connectivity index (χ1) is 13.1. The Balaban J connectivity index is 0.00000392. The smallest absolute Gasteiger partial charge is 0.191 e. The van der Waals surface area contributed by atoms with Crippen LogP contribution in [0.1, 0.15) is 59.3 Å². The minimum absolute atomic E-state index is 0. The van der Waals surface area contributed by atoms with Gasteiger partial charge in [-0.2, -0.15) is 11.8 Å². The quantitative estimate of drug-likeness (QED) is 0.259. The molecule has 7 heteroatoms. The van der Waals surface area contributed by atoms with E-state index in [0.717, 1.165) is 25.6 Å². The number of rotatable bonds is 10. The Hall–Kier alpha value is 0.270. The summed E-state index contributed by atoms with van der Waals surface area (Å²) in [6.45, 7) is 13.8. The highest BCUT2D eigenvalue weighted by atomic mass is 127. The summed E-state index contributed by atoms with van der Waals surface area (Å²) in [4.78, 5) is 9.77. The van der Waals surface area contributed by atoms with Gasteiger partial charge in [-0.25, -0.2) is 0 Å². The zero-order valence-corrected chi connectivity index (χ0v) is 21.8. The molecule has 2 N–H and O–H groups in total. The molecule has 0 amide bonds. The maximum absolute atomic E-state index is 4.50. The number of guanidine groups is 1. The van der Waals surface area contributed by atoms with Gasteiger partial charge < -0.3 is 15.5 Å². The highest BCUT2D eigenvalue weighted by Gasteiger charge is 2.39. The lowest BCUT2D eigenvalue weighted by molar-refractivity contribution is 0.107. The summed E-state index contributed by atoms with van der Waals surface area (Å²) in [5.74, 6) is 3.55. The SMILES string of the molecule is CCN(CC)CCCC(C)NC(=NC)NCC1(N2CCSCC2)CCCC1.I. The van der Waals surface area contributed by atoms with Gasteiger partial charge in [-0.05, 0) is 52.2 Å². The summed E-state index contributed by atoms with van der Waals surface area (Å²) in [5, 5.41) is 7.30. The molecule has 1 atom stereocenters. The molecule has 0 aromatic heterocycles. The van der Waals surface area contributed by atoms with E-state index in [1.807, 2.05) is 7.05 Å². The Kier molecular flexibility index (Phi) is 13.4. The molecule has 1 saturated carbocycles. The van der Waals surface area contributed by atoms with Crippen LogP contribution in [0.25, 0.3) is 0 Å². The molecule has 0 bridgehead atoms.